The smallest absolute Gasteiger partial charge is 0.271 e. The maximum absolute atomic E-state index is 12.2. The van der Waals surface area contributed by atoms with Crippen molar-refractivity contribution in [3.8, 4) is 0 Å². The number of benzene rings is 1. The maximum Gasteiger partial charge on any atom is 0.271 e. The average Bonchev–Trinajstić information content (AvgIpc) is 2.64. The van der Waals surface area contributed by atoms with Gasteiger partial charge in [-0.3, -0.25) is 9.78 Å². The first-order valence-corrected chi connectivity index (χ1v) is 7.33. The zero-order chi connectivity index (χ0) is 15.9. The molecule has 23 heavy (non-hydrogen) atoms. The molecule has 1 aliphatic heterocycles. The normalized spacial score (nSPS) is 16.1. The molecular formula is C17H17N3O3. The van der Waals surface area contributed by atoms with Gasteiger partial charge in [-0.15, -0.1) is 0 Å². The van der Waals surface area contributed by atoms with E-state index in [2.05, 4.69) is 15.5 Å². The molecule has 0 aliphatic carbocycles. The van der Waals surface area contributed by atoms with E-state index in [1.54, 1.807) is 24.5 Å². The number of rotatable bonds is 4. The van der Waals surface area contributed by atoms with Crippen LogP contribution in [0.15, 0.2) is 60.0 Å². The van der Waals surface area contributed by atoms with E-state index in [0.717, 1.165) is 5.56 Å². The third-order valence-electron chi connectivity index (χ3n) is 3.46. The van der Waals surface area contributed by atoms with Crippen molar-refractivity contribution in [2.75, 3.05) is 20.0 Å². The van der Waals surface area contributed by atoms with Gasteiger partial charge in [0.15, 0.2) is 0 Å². The van der Waals surface area contributed by atoms with Crippen LogP contribution in [-0.4, -0.2) is 36.6 Å². The second-order valence-corrected chi connectivity index (χ2v) is 5.10. The van der Waals surface area contributed by atoms with Crippen LogP contribution in [-0.2, 0) is 9.47 Å². The fraction of sp³-hybridized carbons (Fsp3) is 0.235. The Balaban J connectivity index is 1.81. The van der Waals surface area contributed by atoms with Gasteiger partial charge in [0.2, 0.25) is 0 Å². The SMILES string of the molecule is O=C(NN=C(c1cccnc1)C1COCOC1)c1ccccc1. The minimum absolute atomic E-state index is 0.0518. The highest BCUT2D eigenvalue weighted by Crippen LogP contribution is 2.14. The minimum atomic E-state index is -0.260. The van der Waals surface area contributed by atoms with Crippen LogP contribution in [0.1, 0.15) is 15.9 Å². The molecule has 0 atom stereocenters. The van der Waals surface area contributed by atoms with Crippen LogP contribution in [0.5, 0.6) is 0 Å². The third-order valence-corrected chi connectivity index (χ3v) is 3.46. The third kappa shape index (κ3) is 4.00. The van der Waals surface area contributed by atoms with Gasteiger partial charge < -0.3 is 9.47 Å². The van der Waals surface area contributed by atoms with E-state index in [1.165, 1.54) is 0 Å². The van der Waals surface area contributed by atoms with Crippen LogP contribution < -0.4 is 5.43 Å². The predicted octanol–water partition coefficient (Wildman–Crippen LogP) is 1.84. The molecule has 1 aromatic heterocycles. The molecule has 1 aliphatic rings. The van der Waals surface area contributed by atoms with Gasteiger partial charge in [0.25, 0.3) is 5.91 Å². The number of nitrogens with one attached hydrogen (secondary N) is 1. The zero-order valence-corrected chi connectivity index (χ0v) is 12.5. The summed E-state index contributed by atoms with van der Waals surface area (Å²) in [5, 5.41) is 4.31. The summed E-state index contributed by atoms with van der Waals surface area (Å²) < 4.78 is 10.7. The van der Waals surface area contributed by atoms with Crippen LogP contribution in [0.2, 0.25) is 0 Å². The van der Waals surface area contributed by atoms with Crippen molar-refractivity contribution in [1.82, 2.24) is 10.4 Å². The molecule has 1 aromatic carbocycles. The van der Waals surface area contributed by atoms with Gasteiger partial charge >= 0.3 is 0 Å². The van der Waals surface area contributed by atoms with Gasteiger partial charge in [0, 0.05) is 23.5 Å². The molecule has 1 amide bonds. The predicted molar refractivity (Wildman–Crippen MR) is 84.9 cm³/mol. The standard InChI is InChI=1S/C17H17N3O3/c21-17(13-5-2-1-3-6-13)20-19-16(14-7-4-8-18-9-14)15-10-22-12-23-11-15/h1-9,15H,10-12H2,(H,20,21). The van der Waals surface area contributed by atoms with Crippen molar-refractivity contribution < 1.29 is 14.3 Å². The number of aromatic nitrogens is 1. The van der Waals surface area contributed by atoms with E-state index in [4.69, 9.17) is 9.47 Å². The largest absolute Gasteiger partial charge is 0.355 e. The highest BCUT2D eigenvalue weighted by atomic mass is 16.7. The molecule has 2 heterocycles. The summed E-state index contributed by atoms with van der Waals surface area (Å²) >= 11 is 0. The Morgan fingerprint density at radius 2 is 1.83 bits per heavy atom. The molecule has 0 unspecified atom stereocenters. The van der Waals surface area contributed by atoms with E-state index in [9.17, 15) is 4.79 Å². The summed E-state index contributed by atoms with van der Waals surface area (Å²) in [5.74, 6) is -0.311. The highest BCUT2D eigenvalue weighted by Gasteiger charge is 2.22. The van der Waals surface area contributed by atoms with Crippen molar-refractivity contribution in [3.63, 3.8) is 0 Å². The zero-order valence-electron chi connectivity index (χ0n) is 12.5. The number of carbonyl (C=O) groups excluding carboxylic acids is 1. The monoisotopic (exact) mass is 311 g/mol. The number of hydrazone groups is 1. The number of ether oxygens (including phenoxy) is 2. The van der Waals surface area contributed by atoms with Gasteiger partial charge in [-0.2, -0.15) is 5.10 Å². The molecular weight excluding hydrogens is 294 g/mol. The van der Waals surface area contributed by atoms with Gasteiger partial charge in [0.05, 0.1) is 24.8 Å². The number of pyridine rings is 1. The summed E-state index contributed by atoms with van der Waals surface area (Å²) in [6.07, 6.45) is 3.40. The summed E-state index contributed by atoms with van der Waals surface area (Å²) in [4.78, 5) is 16.3. The molecule has 118 valence electrons. The van der Waals surface area contributed by atoms with E-state index in [1.807, 2.05) is 30.3 Å². The Morgan fingerprint density at radius 1 is 1.09 bits per heavy atom. The number of hydrogen-bond donors (Lipinski definition) is 1. The summed E-state index contributed by atoms with van der Waals surface area (Å²) in [5.41, 5.74) is 4.69. The van der Waals surface area contributed by atoms with Gasteiger partial charge in [-0.05, 0) is 24.3 Å². The van der Waals surface area contributed by atoms with Gasteiger partial charge in [-0.1, -0.05) is 18.2 Å². The average molecular weight is 311 g/mol. The van der Waals surface area contributed by atoms with Crippen LogP contribution in [0.4, 0.5) is 0 Å². The molecule has 0 saturated carbocycles. The van der Waals surface area contributed by atoms with Crippen molar-refractivity contribution in [1.29, 1.82) is 0 Å². The molecule has 1 saturated heterocycles. The number of hydrogen-bond acceptors (Lipinski definition) is 5. The topological polar surface area (TPSA) is 72.8 Å². The van der Waals surface area contributed by atoms with E-state index >= 15 is 0 Å². The Kier molecular flexibility index (Phi) is 5.08. The van der Waals surface area contributed by atoms with E-state index in [-0.39, 0.29) is 18.6 Å². The minimum Gasteiger partial charge on any atom is -0.355 e. The maximum atomic E-state index is 12.2. The lowest BCUT2D eigenvalue weighted by Crippen LogP contribution is -2.33. The Morgan fingerprint density at radius 3 is 2.52 bits per heavy atom. The molecule has 0 radical (unpaired) electrons. The van der Waals surface area contributed by atoms with E-state index in [0.29, 0.717) is 24.5 Å². The Bertz CT molecular complexity index is 668. The number of nitrogens with zero attached hydrogens (tertiary/aromatic N) is 2. The van der Waals surface area contributed by atoms with Crippen LogP contribution >= 0.6 is 0 Å². The first-order chi connectivity index (χ1) is 11.3. The fourth-order valence-electron chi connectivity index (χ4n) is 2.32. The molecule has 0 bridgehead atoms. The summed E-state index contributed by atoms with van der Waals surface area (Å²) in [6.45, 7) is 1.27. The molecule has 1 N–H and O–H groups in total. The lowest BCUT2D eigenvalue weighted by atomic mass is 9.99. The van der Waals surface area contributed by atoms with Crippen molar-refractivity contribution >= 4 is 11.6 Å². The lowest BCUT2D eigenvalue weighted by molar-refractivity contribution is -0.111. The van der Waals surface area contributed by atoms with Crippen molar-refractivity contribution in [2.45, 2.75) is 0 Å². The number of carbonyl (C=O) groups is 1. The van der Waals surface area contributed by atoms with Gasteiger partial charge in [0.1, 0.15) is 6.79 Å². The molecule has 6 nitrogen and oxygen atoms in total. The molecule has 3 rings (SSSR count). The molecule has 6 heteroatoms. The fourth-order valence-corrected chi connectivity index (χ4v) is 2.32. The second-order valence-electron chi connectivity index (χ2n) is 5.10. The first kappa shape index (κ1) is 15.3. The van der Waals surface area contributed by atoms with Crippen LogP contribution in [0, 0.1) is 5.92 Å². The lowest BCUT2D eigenvalue weighted by Gasteiger charge is -2.23. The second kappa shape index (κ2) is 7.62. The summed E-state index contributed by atoms with van der Waals surface area (Å²) in [7, 11) is 0. The van der Waals surface area contributed by atoms with E-state index < -0.39 is 0 Å². The highest BCUT2D eigenvalue weighted by molar-refractivity contribution is 6.03. The molecule has 1 fully saturated rings. The molecule has 0 spiro atoms. The Hall–Kier alpha value is -2.57. The summed E-state index contributed by atoms with van der Waals surface area (Å²) in [6, 6.07) is 12.7. The van der Waals surface area contributed by atoms with Crippen molar-refractivity contribution in [3.05, 3.63) is 66.0 Å². The van der Waals surface area contributed by atoms with Crippen molar-refractivity contribution in [2.24, 2.45) is 11.0 Å². The Labute approximate surface area is 134 Å². The quantitative estimate of drug-likeness (QED) is 0.691. The van der Waals surface area contributed by atoms with Crippen LogP contribution in [0.3, 0.4) is 0 Å². The molecule has 2 aromatic rings. The van der Waals surface area contributed by atoms with Crippen LogP contribution in [0.25, 0.3) is 0 Å². The first-order valence-electron chi connectivity index (χ1n) is 7.33. The number of amides is 1. The van der Waals surface area contributed by atoms with Gasteiger partial charge in [-0.25, -0.2) is 5.43 Å².